The number of rotatable bonds is 5. The summed E-state index contributed by atoms with van der Waals surface area (Å²) in [5.74, 6) is 1.02. The molecular formula is C21H28FN3O2S. The van der Waals surface area contributed by atoms with E-state index < -0.39 is 6.09 Å². The lowest BCUT2D eigenvalue weighted by atomic mass is 9.85. The van der Waals surface area contributed by atoms with Crippen LogP contribution in [0.25, 0.3) is 10.1 Å². The second-order valence-corrected chi connectivity index (χ2v) is 9.00. The first kappa shape index (κ1) is 19.6. The van der Waals surface area contributed by atoms with Crippen LogP contribution in [0.5, 0.6) is 0 Å². The minimum absolute atomic E-state index is 0.0194. The van der Waals surface area contributed by atoms with Gasteiger partial charge in [0.25, 0.3) is 0 Å². The average Bonchev–Trinajstić information content (AvgIpc) is 3.10. The van der Waals surface area contributed by atoms with Gasteiger partial charge in [0.2, 0.25) is 0 Å². The van der Waals surface area contributed by atoms with Crippen molar-refractivity contribution in [3.63, 3.8) is 0 Å². The number of benzene rings is 1. The quantitative estimate of drug-likeness (QED) is 0.786. The Kier molecular flexibility index (Phi) is 6.11. The molecule has 1 amide bonds. The number of hydrogen-bond acceptors (Lipinski definition) is 5. The Morgan fingerprint density at radius 3 is 2.68 bits per heavy atom. The highest BCUT2D eigenvalue weighted by Crippen LogP contribution is 2.35. The first-order valence-corrected chi connectivity index (χ1v) is 11.1. The fourth-order valence-corrected chi connectivity index (χ4v) is 5.60. The Morgan fingerprint density at radius 1 is 1.21 bits per heavy atom. The van der Waals surface area contributed by atoms with Gasteiger partial charge in [0.1, 0.15) is 11.9 Å². The number of aromatic nitrogens is 1. The Bertz CT molecular complexity index is 811. The van der Waals surface area contributed by atoms with Crippen molar-refractivity contribution in [2.75, 3.05) is 19.6 Å². The summed E-state index contributed by atoms with van der Waals surface area (Å²) in [6.45, 7) is 3.35. The molecule has 28 heavy (non-hydrogen) atoms. The molecule has 2 N–H and O–H groups in total. The number of nitrogens with two attached hydrogens (primary N) is 1. The molecule has 4 rings (SSSR count). The maximum atomic E-state index is 13.4. The van der Waals surface area contributed by atoms with Crippen LogP contribution in [-0.4, -0.2) is 41.1 Å². The van der Waals surface area contributed by atoms with E-state index in [-0.39, 0.29) is 11.9 Å². The summed E-state index contributed by atoms with van der Waals surface area (Å²) < 4.78 is 24.1. The fourth-order valence-electron chi connectivity index (χ4n) is 4.72. The molecule has 0 atom stereocenters. The Labute approximate surface area is 169 Å². The standard InChI is InChI=1S/C21H28FN3O2S/c22-16-3-6-18-19(13-16)28-24-20(18)15-8-11-25(12-9-15)10-7-14-1-4-17(5-2-14)27-21(23)26/h3,6,13-15,17H,1-2,4-5,7-12H2,(H2,23,26)/t14-,17-. The number of primary amides is 1. The van der Waals surface area contributed by atoms with Crippen LogP contribution in [0.4, 0.5) is 9.18 Å². The van der Waals surface area contributed by atoms with Crippen LogP contribution >= 0.6 is 11.5 Å². The topological polar surface area (TPSA) is 68.5 Å². The summed E-state index contributed by atoms with van der Waals surface area (Å²) in [5.41, 5.74) is 6.27. The summed E-state index contributed by atoms with van der Waals surface area (Å²) in [7, 11) is 0. The molecule has 0 bridgehead atoms. The fraction of sp³-hybridized carbons (Fsp3) is 0.619. The highest BCUT2D eigenvalue weighted by molar-refractivity contribution is 7.13. The lowest BCUT2D eigenvalue weighted by Gasteiger charge is -2.33. The number of likely N-dealkylation sites (tertiary alicyclic amines) is 1. The summed E-state index contributed by atoms with van der Waals surface area (Å²) in [6, 6.07) is 5.02. The molecule has 5 nitrogen and oxygen atoms in total. The lowest BCUT2D eigenvalue weighted by molar-refractivity contribution is 0.0673. The number of amides is 1. The van der Waals surface area contributed by atoms with Gasteiger partial charge in [-0.2, -0.15) is 4.37 Å². The van der Waals surface area contributed by atoms with Crippen molar-refractivity contribution in [1.29, 1.82) is 0 Å². The normalized spacial score (nSPS) is 24.5. The van der Waals surface area contributed by atoms with Crippen molar-refractivity contribution in [1.82, 2.24) is 9.27 Å². The monoisotopic (exact) mass is 405 g/mol. The summed E-state index contributed by atoms with van der Waals surface area (Å²) in [6.07, 6.45) is 6.94. The van der Waals surface area contributed by atoms with Crippen LogP contribution in [0, 0.1) is 11.7 Å². The minimum Gasteiger partial charge on any atom is -0.446 e. The molecule has 1 saturated heterocycles. The predicted molar refractivity (Wildman–Crippen MR) is 109 cm³/mol. The minimum atomic E-state index is -0.649. The molecule has 2 fully saturated rings. The van der Waals surface area contributed by atoms with Crippen LogP contribution in [-0.2, 0) is 4.74 Å². The van der Waals surface area contributed by atoms with Gasteiger partial charge in [0, 0.05) is 11.3 Å². The van der Waals surface area contributed by atoms with Crippen LogP contribution in [0.15, 0.2) is 18.2 Å². The maximum Gasteiger partial charge on any atom is 0.404 e. The molecule has 0 unspecified atom stereocenters. The first-order chi connectivity index (χ1) is 13.6. The van der Waals surface area contributed by atoms with E-state index >= 15 is 0 Å². The van der Waals surface area contributed by atoms with E-state index in [1.165, 1.54) is 18.0 Å². The van der Waals surface area contributed by atoms with Crippen molar-refractivity contribution in [3.8, 4) is 0 Å². The third-order valence-corrected chi connectivity index (χ3v) is 7.19. The number of carbonyl (C=O) groups is 1. The van der Waals surface area contributed by atoms with Crippen LogP contribution in [0.1, 0.15) is 56.6 Å². The number of ether oxygens (including phenoxy) is 1. The zero-order valence-corrected chi connectivity index (χ0v) is 16.9. The van der Waals surface area contributed by atoms with Crippen LogP contribution in [0.3, 0.4) is 0 Å². The van der Waals surface area contributed by atoms with Gasteiger partial charge in [-0.3, -0.25) is 0 Å². The van der Waals surface area contributed by atoms with Crippen molar-refractivity contribution in [2.45, 2.75) is 57.0 Å². The van der Waals surface area contributed by atoms with Gasteiger partial charge < -0.3 is 15.4 Å². The number of fused-ring (bicyclic) bond motifs is 1. The van der Waals surface area contributed by atoms with Gasteiger partial charge in [-0.1, -0.05) is 0 Å². The van der Waals surface area contributed by atoms with Gasteiger partial charge in [0.15, 0.2) is 0 Å². The van der Waals surface area contributed by atoms with E-state index in [2.05, 4.69) is 9.27 Å². The molecule has 7 heteroatoms. The molecule has 1 aliphatic heterocycles. The van der Waals surface area contributed by atoms with Gasteiger partial charge in [-0.05, 0) is 100 Å². The largest absolute Gasteiger partial charge is 0.446 e. The van der Waals surface area contributed by atoms with Crippen LogP contribution < -0.4 is 5.73 Å². The Balaban J connectivity index is 1.22. The molecule has 152 valence electrons. The van der Waals surface area contributed by atoms with Crippen molar-refractivity contribution >= 4 is 27.7 Å². The average molecular weight is 406 g/mol. The zero-order valence-electron chi connectivity index (χ0n) is 16.1. The second-order valence-electron chi connectivity index (χ2n) is 8.19. The van der Waals surface area contributed by atoms with E-state index in [9.17, 15) is 9.18 Å². The predicted octanol–water partition coefficient (Wildman–Crippen LogP) is 4.66. The molecule has 0 radical (unpaired) electrons. The van der Waals surface area contributed by atoms with Crippen molar-refractivity contribution in [2.24, 2.45) is 11.7 Å². The van der Waals surface area contributed by atoms with Crippen molar-refractivity contribution in [3.05, 3.63) is 29.7 Å². The number of hydrogen-bond donors (Lipinski definition) is 1. The molecule has 2 heterocycles. The zero-order chi connectivity index (χ0) is 19.5. The number of halogens is 1. The summed E-state index contributed by atoms with van der Waals surface area (Å²) >= 11 is 1.41. The molecule has 1 saturated carbocycles. The molecule has 2 aliphatic rings. The van der Waals surface area contributed by atoms with Gasteiger partial charge in [0.05, 0.1) is 10.4 Å². The molecule has 2 aromatic rings. The molecule has 1 aliphatic carbocycles. The third kappa shape index (κ3) is 4.63. The molecule has 0 spiro atoms. The molecular weight excluding hydrogens is 377 g/mol. The Morgan fingerprint density at radius 2 is 1.96 bits per heavy atom. The van der Waals surface area contributed by atoms with Gasteiger partial charge >= 0.3 is 6.09 Å². The smallest absolute Gasteiger partial charge is 0.404 e. The van der Waals surface area contributed by atoms with E-state index in [1.807, 2.05) is 6.07 Å². The third-order valence-electron chi connectivity index (χ3n) is 6.37. The van der Waals surface area contributed by atoms with E-state index in [4.69, 9.17) is 10.5 Å². The highest BCUT2D eigenvalue weighted by atomic mass is 32.1. The lowest BCUT2D eigenvalue weighted by Crippen LogP contribution is -2.35. The van der Waals surface area contributed by atoms with Crippen molar-refractivity contribution < 1.29 is 13.9 Å². The van der Waals surface area contributed by atoms with E-state index in [0.717, 1.165) is 79.9 Å². The summed E-state index contributed by atoms with van der Waals surface area (Å²) in [4.78, 5) is 13.4. The SMILES string of the molecule is NC(=O)O[C@H]1CC[C@H](CCN2CCC(c3nsc4cc(F)ccc34)CC2)CC1. The maximum absolute atomic E-state index is 13.4. The van der Waals surface area contributed by atoms with E-state index in [0.29, 0.717) is 5.92 Å². The number of carbonyl (C=O) groups excluding carboxylic acids is 1. The Hall–Kier alpha value is -1.73. The van der Waals surface area contributed by atoms with E-state index in [1.54, 1.807) is 12.1 Å². The number of nitrogens with zero attached hydrogens (tertiary/aromatic N) is 2. The highest BCUT2D eigenvalue weighted by Gasteiger charge is 2.26. The molecule has 1 aromatic carbocycles. The van der Waals surface area contributed by atoms with Crippen LogP contribution in [0.2, 0.25) is 0 Å². The first-order valence-electron chi connectivity index (χ1n) is 10.3. The van der Waals surface area contributed by atoms with Gasteiger partial charge in [-0.25, -0.2) is 9.18 Å². The summed E-state index contributed by atoms with van der Waals surface area (Å²) in [5, 5.41) is 1.12. The molecule has 1 aromatic heterocycles. The second kappa shape index (κ2) is 8.74. The number of piperidine rings is 1. The van der Waals surface area contributed by atoms with Gasteiger partial charge in [-0.15, -0.1) is 0 Å².